The number of sulfonamides is 1. The number of anilines is 1. The molecule has 2 aromatic rings. The third-order valence-corrected chi connectivity index (χ3v) is 7.36. The molecular formula is C19H24N2O3S2. The van der Waals surface area contributed by atoms with Gasteiger partial charge in [-0.3, -0.25) is 9.52 Å². The molecule has 0 atom stereocenters. The molecule has 0 spiro atoms. The zero-order chi connectivity index (χ0) is 18.4. The Morgan fingerprint density at radius 2 is 1.81 bits per heavy atom. The van der Waals surface area contributed by atoms with Crippen LogP contribution in [0.2, 0.25) is 0 Å². The first-order valence-electron chi connectivity index (χ1n) is 8.92. The third-order valence-electron chi connectivity index (χ3n) is 4.61. The summed E-state index contributed by atoms with van der Waals surface area (Å²) in [5.41, 5.74) is 1.41. The first kappa shape index (κ1) is 18.9. The molecule has 1 aliphatic rings. The summed E-state index contributed by atoms with van der Waals surface area (Å²) in [6, 6.07) is 11.0. The fraction of sp³-hybridized carbons (Fsp3) is 0.421. The minimum atomic E-state index is -3.33. The molecular weight excluding hydrogens is 368 g/mol. The number of thiophene rings is 1. The largest absolute Gasteiger partial charge is 0.351 e. The average Bonchev–Trinajstić information content (AvgIpc) is 3.16. The van der Waals surface area contributed by atoms with Crippen LogP contribution in [-0.4, -0.2) is 19.6 Å². The van der Waals surface area contributed by atoms with Crippen LogP contribution >= 0.6 is 11.3 Å². The molecule has 3 rings (SSSR count). The van der Waals surface area contributed by atoms with Crippen molar-refractivity contribution in [3.05, 3.63) is 52.2 Å². The van der Waals surface area contributed by atoms with Gasteiger partial charge in [0, 0.05) is 10.6 Å². The van der Waals surface area contributed by atoms with E-state index in [9.17, 15) is 13.2 Å². The van der Waals surface area contributed by atoms with Gasteiger partial charge in [-0.25, -0.2) is 8.42 Å². The topological polar surface area (TPSA) is 75.3 Å². The standard InChI is InChI=1S/C19H24N2O3S2/c22-19(20-14-17-5-4-12-25-17)13-15-8-10-16(11-9-15)21-26(23,24)18-6-2-1-3-7-18/h4-5,8-12,18,21H,1-3,6-7,13-14H2,(H,20,22). The second-order valence-corrected chi connectivity index (χ2v) is 9.63. The van der Waals surface area contributed by atoms with Crippen LogP contribution in [0.15, 0.2) is 41.8 Å². The van der Waals surface area contributed by atoms with Gasteiger partial charge >= 0.3 is 0 Å². The second kappa shape index (κ2) is 8.68. The van der Waals surface area contributed by atoms with Gasteiger partial charge in [0.25, 0.3) is 0 Å². The Hall–Kier alpha value is -1.86. The van der Waals surface area contributed by atoms with Gasteiger partial charge < -0.3 is 5.32 Å². The molecule has 0 saturated heterocycles. The summed E-state index contributed by atoms with van der Waals surface area (Å²) in [4.78, 5) is 13.1. The van der Waals surface area contributed by atoms with Crippen molar-refractivity contribution in [3.63, 3.8) is 0 Å². The highest BCUT2D eigenvalue weighted by molar-refractivity contribution is 7.93. The van der Waals surface area contributed by atoms with E-state index in [4.69, 9.17) is 0 Å². The lowest BCUT2D eigenvalue weighted by molar-refractivity contribution is -0.120. The van der Waals surface area contributed by atoms with Gasteiger partial charge in [-0.15, -0.1) is 11.3 Å². The molecule has 5 nitrogen and oxygen atoms in total. The highest BCUT2D eigenvalue weighted by atomic mass is 32.2. The van der Waals surface area contributed by atoms with E-state index in [1.54, 1.807) is 35.6 Å². The van der Waals surface area contributed by atoms with Crippen LogP contribution in [0.5, 0.6) is 0 Å². The monoisotopic (exact) mass is 392 g/mol. The predicted molar refractivity (Wildman–Crippen MR) is 106 cm³/mol. The smallest absolute Gasteiger partial charge is 0.235 e. The molecule has 1 aromatic carbocycles. The molecule has 0 unspecified atom stereocenters. The van der Waals surface area contributed by atoms with E-state index in [-0.39, 0.29) is 17.6 Å². The van der Waals surface area contributed by atoms with E-state index in [1.165, 1.54) is 0 Å². The Balaban J connectivity index is 1.52. The number of nitrogens with one attached hydrogen (secondary N) is 2. The summed E-state index contributed by atoms with van der Waals surface area (Å²) in [7, 11) is -3.33. The molecule has 0 aliphatic heterocycles. The highest BCUT2D eigenvalue weighted by Crippen LogP contribution is 2.25. The van der Waals surface area contributed by atoms with Crippen LogP contribution in [0.4, 0.5) is 5.69 Å². The summed E-state index contributed by atoms with van der Waals surface area (Å²) in [5, 5.41) is 4.58. The van der Waals surface area contributed by atoms with E-state index >= 15 is 0 Å². The van der Waals surface area contributed by atoms with E-state index < -0.39 is 10.0 Å². The average molecular weight is 393 g/mol. The Kier molecular flexibility index (Phi) is 6.32. The van der Waals surface area contributed by atoms with E-state index in [0.29, 0.717) is 12.2 Å². The molecule has 1 aromatic heterocycles. The molecule has 2 N–H and O–H groups in total. The Morgan fingerprint density at radius 3 is 2.46 bits per heavy atom. The molecule has 1 amide bonds. The number of hydrogen-bond donors (Lipinski definition) is 2. The minimum absolute atomic E-state index is 0.0473. The number of carbonyl (C=O) groups is 1. The number of hydrogen-bond acceptors (Lipinski definition) is 4. The number of rotatable bonds is 7. The molecule has 140 valence electrons. The van der Waals surface area contributed by atoms with Gasteiger partial charge in [-0.2, -0.15) is 0 Å². The lowest BCUT2D eigenvalue weighted by Gasteiger charge is -2.22. The normalized spacial score (nSPS) is 15.5. The van der Waals surface area contributed by atoms with Crippen molar-refractivity contribution >= 4 is 33.0 Å². The summed E-state index contributed by atoms with van der Waals surface area (Å²) in [6.45, 7) is 0.537. The van der Waals surface area contributed by atoms with E-state index in [1.807, 2.05) is 17.5 Å². The molecule has 0 radical (unpaired) electrons. The fourth-order valence-electron chi connectivity index (χ4n) is 3.16. The minimum Gasteiger partial charge on any atom is -0.351 e. The van der Waals surface area contributed by atoms with Crippen LogP contribution in [0, 0.1) is 0 Å². The summed E-state index contributed by atoms with van der Waals surface area (Å²) >= 11 is 1.61. The molecule has 1 aliphatic carbocycles. The first-order chi connectivity index (χ1) is 12.5. The summed E-state index contributed by atoms with van der Waals surface area (Å²) in [5.74, 6) is -0.0473. The highest BCUT2D eigenvalue weighted by Gasteiger charge is 2.27. The predicted octanol–water partition coefficient (Wildman–Crippen LogP) is 3.68. The molecule has 26 heavy (non-hydrogen) atoms. The maximum Gasteiger partial charge on any atom is 0.235 e. The third kappa shape index (κ3) is 5.32. The molecule has 0 bridgehead atoms. The van der Waals surface area contributed by atoms with Gasteiger partial charge in [0.05, 0.1) is 18.2 Å². The van der Waals surface area contributed by atoms with Crippen LogP contribution in [-0.2, 0) is 27.8 Å². The van der Waals surface area contributed by atoms with Crippen molar-refractivity contribution in [1.82, 2.24) is 5.32 Å². The van der Waals surface area contributed by atoms with Crippen LogP contribution in [0.1, 0.15) is 42.5 Å². The van der Waals surface area contributed by atoms with Crippen molar-refractivity contribution < 1.29 is 13.2 Å². The van der Waals surface area contributed by atoms with Crippen LogP contribution < -0.4 is 10.0 Å². The molecule has 1 fully saturated rings. The quantitative estimate of drug-likeness (QED) is 0.755. The van der Waals surface area contributed by atoms with E-state index in [0.717, 1.165) is 42.5 Å². The van der Waals surface area contributed by atoms with Gasteiger partial charge in [-0.1, -0.05) is 37.5 Å². The van der Waals surface area contributed by atoms with Gasteiger partial charge in [0.15, 0.2) is 0 Å². The number of amides is 1. The maximum atomic E-state index is 12.4. The molecule has 1 heterocycles. The molecule has 7 heteroatoms. The lowest BCUT2D eigenvalue weighted by atomic mass is 10.0. The maximum absolute atomic E-state index is 12.4. The van der Waals surface area contributed by atoms with E-state index in [2.05, 4.69) is 10.0 Å². The summed E-state index contributed by atoms with van der Waals surface area (Å²) in [6.07, 6.45) is 4.82. The van der Waals surface area contributed by atoms with Crippen molar-refractivity contribution in [3.8, 4) is 0 Å². The zero-order valence-electron chi connectivity index (χ0n) is 14.6. The van der Waals surface area contributed by atoms with Gasteiger partial charge in [0.2, 0.25) is 15.9 Å². The number of carbonyl (C=O) groups excluding carboxylic acids is 1. The van der Waals surface area contributed by atoms with Gasteiger partial charge in [0.1, 0.15) is 0 Å². The zero-order valence-corrected chi connectivity index (χ0v) is 16.2. The fourth-order valence-corrected chi connectivity index (χ4v) is 5.39. The second-order valence-electron chi connectivity index (χ2n) is 6.64. The lowest BCUT2D eigenvalue weighted by Crippen LogP contribution is -2.29. The number of benzene rings is 1. The van der Waals surface area contributed by atoms with Crippen molar-refractivity contribution in [2.45, 2.75) is 50.3 Å². The Morgan fingerprint density at radius 1 is 1.08 bits per heavy atom. The van der Waals surface area contributed by atoms with Crippen molar-refractivity contribution in [2.24, 2.45) is 0 Å². The van der Waals surface area contributed by atoms with Crippen molar-refractivity contribution in [2.75, 3.05) is 4.72 Å². The van der Waals surface area contributed by atoms with Gasteiger partial charge in [-0.05, 0) is 42.0 Å². The SMILES string of the molecule is O=C(Cc1ccc(NS(=O)(=O)C2CCCCC2)cc1)NCc1cccs1. The van der Waals surface area contributed by atoms with Crippen molar-refractivity contribution in [1.29, 1.82) is 0 Å². The Bertz CT molecular complexity index is 809. The first-order valence-corrected chi connectivity index (χ1v) is 11.4. The Labute approximate surface area is 158 Å². The van der Waals surface area contributed by atoms with Crippen LogP contribution in [0.3, 0.4) is 0 Å². The summed E-state index contributed by atoms with van der Waals surface area (Å²) < 4.78 is 27.6. The molecule has 1 saturated carbocycles. The van der Waals surface area contributed by atoms with Crippen LogP contribution in [0.25, 0.3) is 0 Å².